The van der Waals surface area contributed by atoms with Gasteiger partial charge in [0.15, 0.2) is 17.5 Å². The predicted molar refractivity (Wildman–Crippen MR) is 192 cm³/mol. The van der Waals surface area contributed by atoms with Gasteiger partial charge >= 0.3 is 78.9 Å². The number of ether oxygens (including phenoxy) is 1. The molecule has 0 heterocycles. The zero-order valence-corrected chi connectivity index (χ0v) is 37.4. The number of carbonyl (C=O) groups is 3. The number of allylic oxidation sites excluding steroid dienone is 2. The SMILES string of the molecule is C/C=C(/C)C(=O)O[C@H]1C(C)=C[C@]23C(=O)[C@@H](C=C(C=O)[C@@H](O)[C@]12O)[C@H]1[C@@H](C[C@H]3C)C1(C)C.I.II.I[I-]I.O=[Se]=O. The standard InChI is InChI=1S/C25H32O6.I3.I2.HI.O2Se/c1-7-12(2)22(29)31-21-13(3)10-24-14(4)8-17-18(23(17,5)6)16(20(24)28)9-15(11-26)19(27)25(21,24)30;1-3-2;1-2;;1-3-2/h7,9-11,14,16-19,21,27,30H,8H2,1-6H3;;;1H;/q;-1;;;/b12-7-;;;;/t14-,16+,17-,18+,19-,21+,24+,25+;;;;/m1..../s1. The number of rotatable bonds is 3. The van der Waals surface area contributed by atoms with Crippen LogP contribution in [0.25, 0.3) is 0 Å². The van der Waals surface area contributed by atoms with Crippen LogP contribution in [-0.2, 0) is 26.8 Å². The molecule has 8 nitrogen and oxygen atoms in total. The van der Waals surface area contributed by atoms with Crippen molar-refractivity contribution in [1.82, 2.24) is 0 Å². The molecule has 15 heteroatoms. The molecule has 0 saturated heterocycles. The molecule has 1 spiro atoms. The summed E-state index contributed by atoms with van der Waals surface area (Å²) >= 11 is 7.92. The Morgan fingerprint density at radius 3 is 2.20 bits per heavy atom. The Kier molecular flexibility index (Phi) is 19.1. The van der Waals surface area contributed by atoms with Crippen LogP contribution in [0.4, 0.5) is 0 Å². The molecule has 0 radical (unpaired) electrons. The van der Waals surface area contributed by atoms with Crippen molar-refractivity contribution in [2.45, 2.75) is 65.8 Å². The molecule has 2 bridgehead atoms. The molecule has 2 fully saturated rings. The summed E-state index contributed by atoms with van der Waals surface area (Å²) in [5.74, 6) is -1.39. The minimum atomic E-state index is -2.15. The molecule has 2 N–H and O–H groups in total. The first-order chi connectivity index (χ1) is 18.2. The number of hydrogen-bond acceptors (Lipinski definition) is 8. The summed E-state index contributed by atoms with van der Waals surface area (Å²) in [5.41, 5.74) is -2.81. The van der Waals surface area contributed by atoms with Crippen molar-refractivity contribution in [3.63, 3.8) is 0 Å². The Morgan fingerprint density at radius 1 is 1.25 bits per heavy atom. The molecule has 0 amide bonds. The van der Waals surface area contributed by atoms with Crippen molar-refractivity contribution < 1.29 is 50.3 Å². The number of ketones is 1. The van der Waals surface area contributed by atoms with Crippen molar-refractivity contribution >= 4 is 131 Å². The number of halogens is 6. The second-order valence-electron chi connectivity index (χ2n) is 10.6. The third-order valence-electron chi connectivity index (χ3n) is 8.77. The van der Waals surface area contributed by atoms with Gasteiger partial charge in [0.25, 0.3) is 0 Å². The van der Waals surface area contributed by atoms with Crippen LogP contribution in [0.2, 0.25) is 0 Å². The van der Waals surface area contributed by atoms with Gasteiger partial charge in [-0.15, -0.1) is 24.0 Å². The molecule has 230 valence electrons. The van der Waals surface area contributed by atoms with Crippen LogP contribution >= 0.6 is 98.4 Å². The van der Waals surface area contributed by atoms with Crippen LogP contribution in [0, 0.1) is 34.5 Å². The van der Waals surface area contributed by atoms with Gasteiger partial charge in [-0.25, -0.2) is 4.79 Å². The molecule has 4 aliphatic rings. The molecule has 0 aromatic rings. The summed E-state index contributed by atoms with van der Waals surface area (Å²) in [6.07, 6.45) is 3.19. The Hall–Kier alpha value is 2.45. The van der Waals surface area contributed by atoms with Gasteiger partial charge in [0, 0.05) is 54.3 Å². The molecule has 40 heavy (non-hydrogen) atoms. The molecule has 0 aromatic carbocycles. The van der Waals surface area contributed by atoms with E-state index in [1.165, 1.54) is 0 Å². The van der Waals surface area contributed by atoms with E-state index in [2.05, 4.69) is 88.3 Å². The monoisotopic (exact) mass is 1300 g/mol. The molecule has 0 aliphatic heterocycles. The fraction of sp³-hybridized carbons (Fsp3) is 0.640. The van der Waals surface area contributed by atoms with Gasteiger partial charge in [0.1, 0.15) is 12.4 Å². The van der Waals surface area contributed by atoms with Crippen molar-refractivity contribution in [1.29, 1.82) is 0 Å². The Labute approximate surface area is 311 Å². The summed E-state index contributed by atoms with van der Waals surface area (Å²) < 4.78 is 22.6. The third kappa shape index (κ3) is 7.69. The summed E-state index contributed by atoms with van der Waals surface area (Å²) in [4.78, 5) is 38.7. The van der Waals surface area contributed by atoms with Gasteiger partial charge in [-0.05, 0) is 55.9 Å². The first kappa shape index (κ1) is 42.4. The Morgan fingerprint density at radius 2 is 1.75 bits per heavy atom. The summed E-state index contributed by atoms with van der Waals surface area (Å²) in [6.45, 7) is 11.2. The number of carbonyl (C=O) groups excluding carboxylic acids is 3. The van der Waals surface area contributed by atoms with Crippen molar-refractivity contribution in [3.05, 3.63) is 34.9 Å². The number of hydrogen-bond donors (Lipinski definition) is 2. The van der Waals surface area contributed by atoms with E-state index in [-0.39, 0.29) is 58.5 Å². The van der Waals surface area contributed by atoms with E-state index in [1.807, 2.05) is 6.92 Å². The molecule has 2 saturated carbocycles. The third-order valence-corrected chi connectivity index (χ3v) is 8.77. The van der Waals surface area contributed by atoms with E-state index < -0.39 is 49.9 Å². The van der Waals surface area contributed by atoms with Gasteiger partial charge < -0.3 is 14.9 Å². The number of aliphatic hydroxyl groups is 2. The Balaban J connectivity index is 0.00000153. The van der Waals surface area contributed by atoms with E-state index in [4.69, 9.17) is 12.4 Å². The van der Waals surface area contributed by atoms with Crippen molar-refractivity contribution in [2.24, 2.45) is 34.5 Å². The van der Waals surface area contributed by atoms with Crippen molar-refractivity contribution in [2.75, 3.05) is 0 Å². The first-order valence-electron chi connectivity index (χ1n) is 11.8. The van der Waals surface area contributed by atoms with Gasteiger partial charge in [-0.3, -0.25) is 9.59 Å². The van der Waals surface area contributed by atoms with Crippen LogP contribution in [0.3, 0.4) is 0 Å². The molecule has 4 rings (SSSR count). The van der Waals surface area contributed by atoms with Crippen molar-refractivity contribution in [3.8, 4) is 0 Å². The van der Waals surface area contributed by atoms with Gasteiger partial charge in [-0.2, -0.15) is 0 Å². The van der Waals surface area contributed by atoms with Crippen LogP contribution in [0.15, 0.2) is 34.9 Å². The van der Waals surface area contributed by atoms with Crippen LogP contribution in [0.5, 0.6) is 0 Å². The maximum absolute atomic E-state index is 14.1. The molecule has 0 unspecified atom stereocenters. The minimum absolute atomic E-state index is 0. The normalized spacial score (nSPS) is 36.2. The number of aliphatic hydroxyl groups excluding tert-OH is 1. The van der Waals surface area contributed by atoms with E-state index in [0.29, 0.717) is 37.1 Å². The zero-order chi connectivity index (χ0) is 30.5. The number of esters is 1. The second-order valence-corrected chi connectivity index (χ2v) is 27.2. The number of aldehydes is 1. The second kappa shape index (κ2) is 18.0. The van der Waals surface area contributed by atoms with E-state index in [9.17, 15) is 24.6 Å². The number of Topliss-reactive ketones (excluding diaryl/α,β-unsaturated/α-hetero) is 1. The Bertz CT molecular complexity index is 1090. The maximum atomic E-state index is 14.1. The summed E-state index contributed by atoms with van der Waals surface area (Å²) in [5, 5.41) is 23.5. The summed E-state index contributed by atoms with van der Waals surface area (Å²) in [7, 11) is 0. The average Bonchev–Trinajstić information content (AvgIpc) is 3.39. The van der Waals surface area contributed by atoms with Crippen LogP contribution in [0.1, 0.15) is 48.0 Å². The van der Waals surface area contributed by atoms with E-state index >= 15 is 0 Å². The van der Waals surface area contributed by atoms with E-state index in [0.717, 1.165) is 0 Å². The molecule has 4 aliphatic carbocycles. The predicted octanol–water partition coefficient (Wildman–Crippen LogP) is 3.09. The molecule has 0 aromatic heterocycles. The molecular weight excluding hydrogens is 1270 g/mol. The summed E-state index contributed by atoms with van der Waals surface area (Å²) in [6, 6.07) is 0. The number of fused-ring (bicyclic) bond motifs is 3. The quantitative estimate of drug-likeness (QED) is 0.110. The fourth-order valence-corrected chi connectivity index (χ4v) is 6.82. The van der Waals surface area contributed by atoms with Gasteiger partial charge in [0.05, 0.1) is 5.41 Å². The zero-order valence-electron chi connectivity index (χ0n) is 22.5. The molecule has 8 atom stereocenters. The van der Waals surface area contributed by atoms with E-state index in [1.54, 1.807) is 39.0 Å². The average molecular weight is 1300 g/mol. The van der Waals surface area contributed by atoms with Gasteiger partial charge in [0.2, 0.25) is 0 Å². The topological polar surface area (TPSA) is 135 Å². The first-order valence-corrected chi connectivity index (χ1v) is 32.1. The fourth-order valence-electron chi connectivity index (χ4n) is 6.82. The van der Waals surface area contributed by atoms with Crippen LogP contribution in [-0.4, -0.2) is 60.9 Å². The van der Waals surface area contributed by atoms with Gasteiger partial charge in [-0.1, -0.05) is 39.0 Å². The van der Waals surface area contributed by atoms with Crippen LogP contribution < -0.4 is 13.3 Å². The molecular formula is C25H33I6O8Se-.